The number of aliphatic carboxylic acids is 1. The van der Waals surface area contributed by atoms with Crippen molar-refractivity contribution in [3.63, 3.8) is 0 Å². The zero-order chi connectivity index (χ0) is 25.4. The van der Waals surface area contributed by atoms with Crippen LogP contribution in [-0.4, -0.2) is 23.8 Å². The molecule has 0 bridgehead atoms. The maximum Gasteiger partial charge on any atom is 0.307 e. The number of benzene rings is 4. The third kappa shape index (κ3) is 4.20. The number of carboxylic acids is 1. The predicted octanol–water partition coefficient (Wildman–Crippen LogP) is 5.92. The molecule has 0 saturated heterocycles. The third-order valence-electron chi connectivity index (χ3n) is 7.34. The van der Waals surface area contributed by atoms with E-state index in [0.717, 1.165) is 22.3 Å². The molecule has 6 nitrogen and oxygen atoms in total. The van der Waals surface area contributed by atoms with Crippen LogP contribution in [0, 0.1) is 11.8 Å². The fourth-order valence-electron chi connectivity index (χ4n) is 5.64. The molecule has 6 rings (SSSR count). The number of anilines is 1. The number of nitrogens with one attached hydrogen (secondary N) is 1. The van der Waals surface area contributed by atoms with Gasteiger partial charge in [0.15, 0.2) is 11.5 Å². The second kappa shape index (κ2) is 9.47. The summed E-state index contributed by atoms with van der Waals surface area (Å²) in [5, 5.41) is 13.2. The Kier molecular flexibility index (Phi) is 5.85. The smallest absolute Gasteiger partial charge is 0.307 e. The Labute approximate surface area is 214 Å². The second-order valence-corrected chi connectivity index (χ2v) is 9.40. The molecule has 1 amide bonds. The average molecular weight is 492 g/mol. The van der Waals surface area contributed by atoms with Crippen LogP contribution in [0.1, 0.15) is 23.0 Å². The quantitative estimate of drug-likeness (QED) is 0.350. The van der Waals surface area contributed by atoms with E-state index < -0.39 is 29.6 Å². The van der Waals surface area contributed by atoms with Crippen LogP contribution in [0.25, 0.3) is 11.1 Å². The molecule has 0 aromatic heterocycles. The minimum Gasteiger partial charge on any atom is -0.481 e. The van der Waals surface area contributed by atoms with Crippen LogP contribution in [0.15, 0.2) is 103 Å². The van der Waals surface area contributed by atoms with Crippen molar-refractivity contribution >= 4 is 17.6 Å². The van der Waals surface area contributed by atoms with E-state index >= 15 is 0 Å². The Morgan fingerprint density at radius 3 is 1.95 bits per heavy atom. The molecule has 0 radical (unpaired) electrons. The molecule has 37 heavy (non-hydrogen) atoms. The van der Waals surface area contributed by atoms with Gasteiger partial charge in [0, 0.05) is 17.5 Å². The van der Waals surface area contributed by atoms with Crippen LogP contribution >= 0.6 is 0 Å². The van der Waals surface area contributed by atoms with Crippen molar-refractivity contribution in [1.29, 1.82) is 0 Å². The van der Waals surface area contributed by atoms with Gasteiger partial charge in [-0.2, -0.15) is 0 Å². The molecule has 0 unspecified atom stereocenters. The summed E-state index contributed by atoms with van der Waals surface area (Å²) in [6.45, 7) is 0.207. The highest BCUT2D eigenvalue weighted by molar-refractivity contribution is 5.97. The van der Waals surface area contributed by atoms with Gasteiger partial charge in [-0.05, 0) is 46.5 Å². The number of amides is 1. The molecule has 1 aliphatic heterocycles. The predicted molar refractivity (Wildman–Crippen MR) is 140 cm³/mol. The second-order valence-electron chi connectivity index (χ2n) is 9.40. The molecule has 4 aromatic rings. The molecular formula is C31H25NO5. The Balaban J connectivity index is 1.32. The molecule has 6 heteroatoms. The first-order chi connectivity index (χ1) is 18.1. The summed E-state index contributed by atoms with van der Waals surface area (Å²) in [4.78, 5) is 26.2. The zero-order valence-corrected chi connectivity index (χ0v) is 19.9. The van der Waals surface area contributed by atoms with Crippen molar-refractivity contribution in [3.8, 4) is 22.6 Å². The Morgan fingerprint density at radius 1 is 0.676 bits per heavy atom. The summed E-state index contributed by atoms with van der Waals surface area (Å²) in [7, 11) is 0. The van der Waals surface area contributed by atoms with Crippen LogP contribution in [0.2, 0.25) is 0 Å². The van der Waals surface area contributed by atoms with Gasteiger partial charge < -0.3 is 19.9 Å². The summed E-state index contributed by atoms with van der Waals surface area (Å²) in [5.41, 5.74) is 4.23. The lowest BCUT2D eigenvalue weighted by atomic mass is 9.52. The van der Waals surface area contributed by atoms with E-state index in [-0.39, 0.29) is 12.7 Å². The molecule has 1 saturated carbocycles. The molecule has 0 spiro atoms. The lowest BCUT2D eigenvalue weighted by molar-refractivity contribution is -0.152. The van der Waals surface area contributed by atoms with Gasteiger partial charge in [0.25, 0.3) is 0 Å². The molecule has 184 valence electrons. The zero-order valence-electron chi connectivity index (χ0n) is 19.9. The molecule has 1 aliphatic carbocycles. The monoisotopic (exact) mass is 491 g/mol. The van der Waals surface area contributed by atoms with Crippen molar-refractivity contribution in [2.24, 2.45) is 11.8 Å². The maximum atomic E-state index is 13.8. The first-order valence-corrected chi connectivity index (χ1v) is 12.2. The molecular weight excluding hydrogens is 466 g/mol. The van der Waals surface area contributed by atoms with Crippen LogP contribution < -0.4 is 14.8 Å². The fourth-order valence-corrected chi connectivity index (χ4v) is 5.64. The number of hydrogen-bond donors (Lipinski definition) is 2. The van der Waals surface area contributed by atoms with Crippen LogP contribution in [0.3, 0.4) is 0 Å². The lowest BCUT2D eigenvalue weighted by Gasteiger charge is -2.49. The lowest BCUT2D eigenvalue weighted by Crippen LogP contribution is -2.52. The highest BCUT2D eigenvalue weighted by Gasteiger charge is 2.58. The minimum atomic E-state index is -0.892. The molecule has 1 heterocycles. The Bertz CT molecular complexity index is 1410. The fraction of sp³-hybridized carbons (Fsp3) is 0.161. The van der Waals surface area contributed by atoms with E-state index in [2.05, 4.69) is 5.32 Å². The van der Waals surface area contributed by atoms with Gasteiger partial charge in [-0.1, -0.05) is 78.9 Å². The first kappa shape index (κ1) is 22.9. The van der Waals surface area contributed by atoms with Gasteiger partial charge in [0.05, 0.1) is 11.8 Å². The van der Waals surface area contributed by atoms with Crippen molar-refractivity contribution in [1.82, 2.24) is 0 Å². The first-order valence-electron chi connectivity index (χ1n) is 12.2. The number of fused-ring (bicyclic) bond motifs is 1. The van der Waals surface area contributed by atoms with Gasteiger partial charge in [-0.15, -0.1) is 0 Å². The van der Waals surface area contributed by atoms with Crippen molar-refractivity contribution in [2.45, 2.75) is 11.8 Å². The summed E-state index contributed by atoms with van der Waals surface area (Å²) >= 11 is 0. The molecule has 2 N–H and O–H groups in total. The van der Waals surface area contributed by atoms with Crippen molar-refractivity contribution < 1.29 is 24.2 Å². The molecule has 2 aliphatic rings. The average Bonchev–Trinajstić information content (AvgIpc) is 3.37. The number of carbonyl (C=O) groups excluding carboxylic acids is 1. The number of hydrogen-bond acceptors (Lipinski definition) is 4. The maximum absolute atomic E-state index is 13.8. The summed E-state index contributed by atoms with van der Waals surface area (Å²) in [6.07, 6.45) is 0. The van der Waals surface area contributed by atoms with E-state index in [9.17, 15) is 14.7 Å². The van der Waals surface area contributed by atoms with Crippen LogP contribution in [0.5, 0.6) is 11.5 Å². The molecule has 4 aromatic carbocycles. The van der Waals surface area contributed by atoms with Gasteiger partial charge in [-0.3, -0.25) is 9.59 Å². The highest BCUT2D eigenvalue weighted by atomic mass is 16.7. The minimum absolute atomic E-state index is 0.192. The van der Waals surface area contributed by atoms with E-state index in [4.69, 9.17) is 9.47 Å². The third-order valence-corrected chi connectivity index (χ3v) is 7.34. The van der Waals surface area contributed by atoms with E-state index in [1.54, 1.807) is 0 Å². The largest absolute Gasteiger partial charge is 0.481 e. The van der Waals surface area contributed by atoms with Gasteiger partial charge >= 0.3 is 5.97 Å². The van der Waals surface area contributed by atoms with Crippen LogP contribution in [-0.2, 0) is 9.59 Å². The van der Waals surface area contributed by atoms with Crippen molar-refractivity contribution in [2.75, 3.05) is 12.1 Å². The van der Waals surface area contributed by atoms with E-state index in [1.807, 2.05) is 103 Å². The normalized spacial score (nSPS) is 21.6. The topological polar surface area (TPSA) is 84.9 Å². The highest BCUT2D eigenvalue weighted by Crippen LogP contribution is 2.58. The standard InChI is InChI=1S/C31H25NO5/c33-30(32-23-13-7-12-21(16-23)22-14-15-24-25(17-22)37-18-36-24)28-26(19-8-3-1-4-9-19)29(31(34)35)27(28)20-10-5-2-6-11-20/h1-17,26-29H,18H2,(H,32,33)(H,34,35)/t26-,27-,28?,29?/m1/s1. The molecule has 1 fully saturated rings. The van der Waals surface area contributed by atoms with E-state index in [0.29, 0.717) is 17.2 Å². The number of ether oxygens (including phenoxy) is 2. The summed E-state index contributed by atoms with van der Waals surface area (Å²) in [5.74, 6) is -1.76. The summed E-state index contributed by atoms with van der Waals surface area (Å²) < 4.78 is 10.9. The van der Waals surface area contributed by atoms with Crippen LogP contribution in [0.4, 0.5) is 5.69 Å². The number of carboxylic acid groups (broad SMARTS) is 1. The number of carbonyl (C=O) groups is 2. The Morgan fingerprint density at radius 2 is 1.30 bits per heavy atom. The van der Waals surface area contributed by atoms with Gasteiger partial charge in [0.2, 0.25) is 12.7 Å². The summed E-state index contributed by atoms with van der Waals surface area (Å²) in [6, 6.07) is 32.3. The van der Waals surface area contributed by atoms with E-state index in [1.165, 1.54) is 0 Å². The van der Waals surface area contributed by atoms with Gasteiger partial charge in [-0.25, -0.2) is 0 Å². The molecule has 2 atom stereocenters. The van der Waals surface area contributed by atoms with Gasteiger partial charge in [0.1, 0.15) is 0 Å². The van der Waals surface area contributed by atoms with Crippen molar-refractivity contribution in [3.05, 3.63) is 114 Å². The Hall–Kier alpha value is -4.58. The SMILES string of the molecule is O=C(O)C1[C@H](c2ccccc2)C(C(=O)Nc2cccc(-c3ccc4c(c3)OCO4)c2)[C@H]1c1ccccc1. The number of rotatable bonds is 6.